The van der Waals surface area contributed by atoms with E-state index in [0.717, 1.165) is 25.5 Å². The van der Waals surface area contributed by atoms with Crippen molar-refractivity contribution < 1.29 is 13.9 Å². The lowest BCUT2D eigenvalue weighted by atomic mass is 10.4. The first-order valence-electron chi connectivity index (χ1n) is 5.75. The van der Waals surface area contributed by atoms with Gasteiger partial charge in [0.2, 0.25) is 0 Å². The van der Waals surface area contributed by atoms with Gasteiger partial charge < -0.3 is 19.2 Å². The average molecular weight is 227 g/mol. The summed E-state index contributed by atoms with van der Waals surface area (Å²) in [6, 6.07) is 3.84. The minimum atomic E-state index is 0.190. The van der Waals surface area contributed by atoms with E-state index in [1.165, 1.54) is 0 Å². The van der Waals surface area contributed by atoms with Gasteiger partial charge in [0.1, 0.15) is 5.76 Å². The highest BCUT2D eigenvalue weighted by molar-refractivity contribution is 4.97. The van der Waals surface area contributed by atoms with Crippen LogP contribution in [-0.2, 0) is 16.0 Å². The lowest BCUT2D eigenvalue weighted by Crippen LogP contribution is -2.27. The Morgan fingerprint density at radius 2 is 2.31 bits per heavy atom. The molecule has 0 saturated heterocycles. The first-order valence-corrected chi connectivity index (χ1v) is 5.75. The normalized spacial score (nSPS) is 12.9. The van der Waals surface area contributed by atoms with Crippen LogP contribution in [0.4, 0.5) is 0 Å². The Labute approximate surface area is 96.9 Å². The molecule has 1 heterocycles. The summed E-state index contributed by atoms with van der Waals surface area (Å²) in [5, 5.41) is 3.27. The van der Waals surface area contributed by atoms with Crippen molar-refractivity contribution in [3.63, 3.8) is 0 Å². The third-order valence-corrected chi connectivity index (χ3v) is 2.15. The molecule has 1 N–H and O–H groups in total. The van der Waals surface area contributed by atoms with Crippen molar-refractivity contribution in [2.24, 2.45) is 0 Å². The van der Waals surface area contributed by atoms with Crippen LogP contribution in [0.3, 0.4) is 0 Å². The van der Waals surface area contributed by atoms with E-state index >= 15 is 0 Å². The fourth-order valence-corrected chi connectivity index (χ4v) is 1.32. The molecule has 0 aromatic carbocycles. The van der Waals surface area contributed by atoms with E-state index in [-0.39, 0.29) is 6.10 Å². The summed E-state index contributed by atoms with van der Waals surface area (Å²) >= 11 is 0. The van der Waals surface area contributed by atoms with Gasteiger partial charge in [0, 0.05) is 13.2 Å². The van der Waals surface area contributed by atoms with E-state index in [2.05, 4.69) is 5.32 Å². The quantitative estimate of drug-likeness (QED) is 0.653. The maximum atomic E-state index is 5.55. The molecule has 0 fully saturated rings. The summed E-state index contributed by atoms with van der Waals surface area (Å²) in [5.74, 6) is 0.946. The molecule has 0 spiro atoms. The molecule has 0 amide bonds. The Hall–Kier alpha value is -0.840. The highest BCUT2D eigenvalue weighted by atomic mass is 16.5. The van der Waals surface area contributed by atoms with Crippen LogP contribution in [-0.4, -0.2) is 32.5 Å². The van der Waals surface area contributed by atoms with Crippen molar-refractivity contribution in [3.8, 4) is 0 Å². The second kappa shape index (κ2) is 8.33. The molecule has 1 aromatic heterocycles. The molecule has 0 aliphatic carbocycles. The summed E-state index contributed by atoms with van der Waals surface area (Å²) in [4.78, 5) is 0. The monoisotopic (exact) mass is 227 g/mol. The zero-order valence-corrected chi connectivity index (χ0v) is 10.1. The summed E-state index contributed by atoms with van der Waals surface area (Å²) in [7, 11) is 0. The van der Waals surface area contributed by atoms with Crippen molar-refractivity contribution in [2.45, 2.75) is 26.5 Å². The molecule has 0 saturated carbocycles. The SMILES string of the molecule is CCOCCOC(C)CNCc1ccco1. The largest absolute Gasteiger partial charge is 0.468 e. The Morgan fingerprint density at radius 1 is 1.44 bits per heavy atom. The average Bonchev–Trinajstić information content (AvgIpc) is 2.77. The molecular formula is C12H21NO3. The van der Waals surface area contributed by atoms with Crippen LogP contribution < -0.4 is 5.32 Å². The topological polar surface area (TPSA) is 43.6 Å². The summed E-state index contributed by atoms with van der Waals surface area (Å²) in [5.41, 5.74) is 0. The third-order valence-electron chi connectivity index (χ3n) is 2.15. The molecule has 1 aromatic rings. The minimum absolute atomic E-state index is 0.190. The van der Waals surface area contributed by atoms with Crippen LogP contribution >= 0.6 is 0 Å². The van der Waals surface area contributed by atoms with Crippen LogP contribution in [0.25, 0.3) is 0 Å². The number of nitrogens with one attached hydrogen (secondary N) is 1. The minimum Gasteiger partial charge on any atom is -0.468 e. The number of furan rings is 1. The molecule has 4 nitrogen and oxygen atoms in total. The first kappa shape index (κ1) is 13.2. The molecule has 0 bridgehead atoms. The molecule has 16 heavy (non-hydrogen) atoms. The first-order chi connectivity index (χ1) is 7.83. The van der Waals surface area contributed by atoms with Crippen LogP contribution in [0.2, 0.25) is 0 Å². The lowest BCUT2D eigenvalue weighted by molar-refractivity contribution is 0.0156. The second-order valence-electron chi connectivity index (χ2n) is 3.59. The number of hydrogen-bond donors (Lipinski definition) is 1. The molecule has 0 aliphatic rings. The molecule has 1 unspecified atom stereocenters. The molecule has 1 atom stereocenters. The Kier molecular flexibility index (Phi) is 6.88. The maximum Gasteiger partial charge on any atom is 0.117 e. The Morgan fingerprint density at radius 3 is 3.00 bits per heavy atom. The summed E-state index contributed by atoms with van der Waals surface area (Å²) in [6.45, 7) is 7.64. The summed E-state index contributed by atoms with van der Waals surface area (Å²) in [6.07, 6.45) is 1.87. The predicted molar refractivity (Wildman–Crippen MR) is 62.3 cm³/mol. The van der Waals surface area contributed by atoms with E-state index in [4.69, 9.17) is 13.9 Å². The summed E-state index contributed by atoms with van der Waals surface area (Å²) < 4.78 is 15.9. The van der Waals surface area contributed by atoms with Crippen LogP contribution in [0.15, 0.2) is 22.8 Å². The van der Waals surface area contributed by atoms with Crippen LogP contribution in [0.5, 0.6) is 0 Å². The van der Waals surface area contributed by atoms with Gasteiger partial charge in [-0.2, -0.15) is 0 Å². The third kappa shape index (κ3) is 5.90. The number of rotatable bonds is 9. The van der Waals surface area contributed by atoms with Gasteiger partial charge in [0.05, 0.1) is 32.1 Å². The molecule has 4 heteroatoms. The van der Waals surface area contributed by atoms with Gasteiger partial charge in [0.25, 0.3) is 0 Å². The molecular weight excluding hydrogens is 206 g/mol. The van der Waals surface area contributed by atoms with Crippen molar-refractivity contribution in [3.05, 3.63) is 24.2 Å². The number of hydrogen-bond acceptors (Lipinski definition) is 4. The maximum absolute atomic E-state index is 5.55. The van der Waals surface area contributed by atoms with Crippen molar-refractivity contribution in [1.29, 1.82) is 0 Å². The van der Waals surface area contributed by atoms with Crippen molar-refractivity contribution >= 4 is 0 Å². The predicted octanol–water partition coefficient (Wildman–Crippen LogP) is 1.81. The van der Waals surface area contributed by atoms with Gasteiger partial charge >= 0.3 is 0 Å². The van der Waals surface area contributed by atoms with Gasteiger partial charge in [-0.1, -0.05) is 0 Å². The standard InChI is InChI=1S/C12H21NO3/c1-3-14-7-8-15-11(2)9-13-10-12-5-4-6-16-12/h4-6,11,13H,3,7-10H2,1-2H3. The highest BCUT2D eigenvalue weighted by Gasteiger charge is 2.02. The highest BCUT2D eigenvalue weighted by Crippen LogP contribution is 1.98. The fraction of sp³-hybridized carbons (Fsp3) is 0.667. The smallest absolute Gasteiger partial charge is 0.117 e. The van der Waals surface area contributed by atoms with Gasteiger partial charge in [-0.25, -0.2) is 0 Å². The van der Waals surface area contributed by atoms with E-state index in [9.17, 15) is 0 Å². The Bertz CT molecular complexity index is 249. The van der Waals surface area contributed by atoms with Crippen molar-refractivity contribution in [1.82, 2.24) is 5.32 Å². The Balaban J connectivity index is 1.95. The van der Waals surface area contributed by atoms with E-state index in [1.807, 2.05) is 26.0 Å². The number of ether oxygens (including phenoxy) is 2. The molecule has 0 radical (unpaired) electrons. The molecule has 0 aliphatic heterocycles. The fourth-order valence-electron chi connectivity index (χ4n) is 1.32. The van der Waals surface area contributed by atoms with E-state index in [0.29, 0.717) is 13.2 Å². The van der Waals surface area contributed by atoms with Gasteiger partial charge in [-0.3, -0.25) is 0 Å². The van der Waals surface area contributed by atoms with E-state index < -0.39 is 0 Å². The van der Waals surface area contributed by atoms with Gasteiger partial charge in [0.15, 0.2) is 0 Å². The van der Waals surface area contributed by atoms with Crippen LogP contribution in [0.1, 0.15) is 19.6 Å². The van der Waals surface area contributed by atoms with Crippen LogP contribution in [0, 0.1) is 0 Å². The van der Waals surface area contributed by atoms with Crippen molar-refractivity contribution in [2.75, 3.05) is 26.4 Å². The van der Waals surface area contributed by atoms with Gasteiger partial charge in [-0.15, -0.1) is 0 Å². The zero-order chi connectivity index (χ0) is 11.6. The lowest BCUT2D eigenvalue weighted by Gasteiger charge is -2.13. The van der Waals surface area contributed by atoms with E-state index in [1.54, 1.807) is 6.26 Å². The second-order valence-corrected chi connectivity index (χ2v) is 3.59. The zero-order valence-electron chi connectivity index (χ0n) is 10.1. The molecule has 1 rings (SSSR count). The molecule has 92 valence electrons. The van der Waals surface area contributed by atoms with Gasteiger partial charge in [-0.05, 0) is 26.0 Å².